The predicted octanol–water partition coefficient (Wildman–Crippen LogP) is 3.15. The van der Waals surface area contributed by atoms with Gasteiger partial charge in [-0.1, -0.05) is 30.3 Å². The lowest BCUT2D eigenvalue weighted by molar-refractivity contribution is 0.174. The summed E-state index contributed by atoms with van der Waals surface area (Å²) in [6, 6.07) is 14.3. The lowest BCUT2D eigenvalue weighted by Gasteiger charge is -2.25. The quantitative estimate of drug-likeness (QED) is 0.723. The molecule has 1 aliphatic rings. The van der Waals surface area contributed by atoms with E-state index in [9.17, 15) is 0 Å². The van der Waals surface area contributed by atoms with Gasteiger partial charge in [0.05, 0.1) is 5.69 Å². The summed E-state index contributed by atoms with van der Waals surface area (Å²) in [5.41, 5.74) is 2.33. The zero-order valence-electron chi connectivity index (χ0n) is 8.97. The van der Waals surface area contributed by atoms with Crippen molar-refractivity contribution >= 4 is 0 Å². The maximum atomic E-state index is 5.96. The van der Waals surface area contributed by atoms with E-state index in [1.807, 2.05) is 24.4 Å². The molecule has 0 aliphatic carbocycles. The fraction of sp³-hybridized carbons (Fsp3) is 0.214. The summed E-state index contributed by atoms with van der Waals surface area (Å²) in [6.45, 7) is 0. The first-order chi connectivity index (χ1) is 7.93. The zero-order valence-corrected chi connectivity index (χ0v) is 8.97. The number of nitrogens with zero attached hydrogens (tertiary/aromatic N) is 1. The number of aromatic nitrogens is 1. The minimum Gasteiger partial charge on any atom is -0.484 e. The fourth-order valence-electron chi connectivity index (χ4n) is 2.10. The van der Waals surface area contributed by atoms with Crippen LogP contribution in [-0.2, 0) is 6.42 Å². The Morgan fingerprint density at radius 3 is 2.81 bits per heavy atom. The standard InChI is InChI=1S/C14H13NO/c1-2-5-11(6-3-1)13-9-8-12-14(16-13)7-4-10-15-12/h1-7,10,13H,8-9H2. The molecule has 0 bridgehead atoms. The van der Waals surface area contributed by atoms with Crippen LogP contribution in [0.2, 0.25) is 0 Å². The summed E-state index contributed by atoms with van der Waals surface area (Å²) in [7, 11) is 0. The van der Waals surface area contributed by atoms with Crippen molar-refractivity contribution in [3.8, 4) is 5.75 Å². The van der Waals surface area contributed by atoms with Crippen LogP contribution in [0.25, 0.3) is 0 Å². The first kappa shape index (κ1) is 9.40. The van der Waals surface area contributed by atoms with E-state index in [4.69, 9.17) is 4.74 Å². The molecule has 2 heteroatoms. The van der Waals surface area contributed by atoms with Crippen molar-refractivity contribution in [1.29, 1.82) is 0 Å². The zero-order chi connectivity index (χ0) is 10.8. The normalized spacial score (nSPS) is 18.6. The third-order valence-electron chi connectivity index (χ3n) is 2.93. The number of benzene rings is 1. The Balaban J connectivity index is 1.89. The topological polar surface area (TPSA) is 22.1 Å². The van der Waals surface area contributed by atoms with Crippen LogP contribution in [0.5, 0.6) is 5.75 Å². The molecule has 0 saturated heterocycles. The molecule has 0 N–H and O–H groups in total. The van der Waals surface area contributed by atoms with Crippen molar-refractivity contribution in [3.05, 3.63) is 59.9 Å². The van der Waals surface area contributed by atoms with Gasteiger partial charge in [0.15, 0.2) is 0 Å². The molecule has 2 heterocycles. The number of pyridine rings is 1. The fourth-order valence-corrected chi connectivity index (χ4v) is 2.10. The van der Waals surface area contributed by atoms with Crippen LogP contribution in [0.3, 0.4) is 0 Å². The number of hydrogen-bond acceptors (Lipinski definition) is 2. The van der Waals surface area contributed by atoms with Gasteiger partial charge in [0.25, 0.3) is 0 Å². The van der Waals surface area contributed by atoms with Gasteiger partial charge in [-0.15, -0.1) is 0 Å². The molecular weight excluding hydrogens is 198 g/mol. The molecule has 1 atom stereocenters. The molecule has 0 radical (unpaired) electrons. The van der Waals surface area contributed by atoms with Crippen LogP contribution in [0.4, 0.5) is 0 Å². The Labute approximate surface area is 94.9 Å². The number of rotatable bonds is 1. The van der Waals surface area contributed by atoms with Crippen LogP contribution in [0.1, 0.15) is 23.8 Å². The van der Waals surface area contributed by atoms with Crippen LogP contribution < -0.4 is 4.74 Å². The van der Waals surface area contributed by atoms with Crippen LogP contribution in [0.15, 0.2) is 48.7 Å². The lowest BCUT2D eigenvalue weighted by Crippen LogP contribution is -2.15. The lowest BCUT2D eigenvalue weighted by atomic mass is 10.0. The molecule has 1 aromatic carbocycles. The van der Waals surface area contributed by atoms with Gasteiger partial charge >= 0.3 is 0 Å². The minimum atomic E-state index is 0.179. The second-order valence-electron chi connectivity index (χ2n) is 4.00. The van der Waals surface area contributed by atoms with E-state index in [0.717, 1.165) is 24.3 Å². The monoisotopic (exact) mass is 211 g/mol. The first-order valence-electron chi connectivity index (χ1n) is 5.59. The number of ether oxygens (including phenoxy) is 1. The molecule has 0 amide bonds. The third kappa shape index (κ3) is 1.67. The summed E-state index contributed by atoms with van der Waals surface area (Å²) in [5.74, 6) is 0.933. The summed E-state index contributed by atoms with van der Waals surface area (Å²) < 4.78 is 5.96. The van der Waals surface area contributed by atoms with Gasteiger partial charge in [0.2, 0.25) is 0 Å². The number of aryl methyl sites for hydroxylation is 1. The van der Waals surface area contributed by atoms with Crippen molar-refractivity contribution in [2.45, 2.75) is 18.9 Å². The Kier molecular flexibility index (Phi) is 2.33. The van der Waals surface area contributed by atoms with Crippen molar-refractivity contribution < 1.29 is 4.74 Å². The van der Waals surface area contributed by atoms with E-state index in [1.54, 1.807) is 0 Å². The van der Waals surface area contributed by atoms with E-state index in [-0.39, 0.29) is 6.10 Å². The van der Waals surface area contributed by atoms with Crippen molar-refractivity contribution in [3.63, 3.8) is 0 Å². The Morgan fingerprint density at radius 2 is 1.94 bits per heavy atom. The summed E-state index contributed by atoms with van der Waals surface area (Å²) in [4.78, 5) is 4.32. The minimum absolute atomic E-state index is 0.179. The van der Waals surface area contributed by atoms with E-state index in [0.29, 0.717) is 0 Å². The van der Waals surface area contributed by atoms with Crippen molar-refractivity contribution in [1.82, 2.24) is 4.98 Å². The van der Waals surface area contributed by atoms with Crippen LogP contribution >= 0.6 is 0 Å². The van der Waals surface area contributed by atoms with E-state index in [2.05, 4.69) is 29.2 Å². The predicted molar refractivity (Wildman–Crippen MR) is 62.4 cm³/mol. The highest BCUT2D eigenvalue weighted by Crippen LogP contribution is 2.33. The van der Waals surface area contributed by atoms with Gasteiger partial charge < -0.3 is 4.74 Å². The summed E-state index contributed by atoms with van der Waals surface area (Å²) in [5, 5.41) is 0. The van der Waals surface area contributed by atoms with Gasteiger partial charge in [-0.3, -0.25) is 4.98 Å². The third-order valence-corrected chi connectivity index (χ3v) is 2.93. The molecular formula is C14H13NO. The van der Waals surface area contributed by atoms with Gasteiger partial charge in [-0.2, -0.15) is 0 Å². The highest BCUT2D eigenvalue weighted by Gasteiger charge is 2.21. The van der Waals surface area contributed by atoms with Crippen LogP contribution in [-0.4, -0.2) is 4.98 Å². The Morgan fingerprint density at radius 1 is 1.06 bits per heavy atom. The maximum Gasteiger partial charge on any atom is 0.141 e. The highest BCUT2D eigenvalue weighted by atomic mass is 16.5. The van der Waals surface area contributed by atoms with Gasteiger partial charge in [-0.25, -0.2) is 0 Å². The second kappa shape index (κ2) is 3.97. The second-order valence-corrected chi connectivity index (χ2v) is 4.00. The molecule has 80 valence electrons. The smallest absolute Gasteiger partial charge is 0.141 e. The number of hydrogen-bond donors (Lipinski definition) is 0. The van der Waals surface area contributed by atoms with Gasteiger partial charge in [0.1, 0.15) is 11.9 Å². The van der Waals surface area contributed by atoms with Crippen LogP contribution in [0, 0.1) is 0 Å². The van der Waals surface area contributed by atoms with E-state index in [1.165, 1.54) is 5.56 Å². The molecule has 16 heavy (non-hydrogen) atoms. The van der Waals surface area contributed by atoms with Gasteiger partial charge in [0, 0.05) is 6.20 Å². The maximum absolute atomic E-state index is 5.96. The molecule has 1 aliphatic heterocycles. The number of fused-ring (bicyclic) bond motifs is 1. The Hall–Kier alpha value is -1.83. The SMILES string of the molecule is c1ccc(C2CCc3ncccc3O2)cc1. The molecule has 0 spiro atoms. The van der Waals surface area contributed by atoms with Crippen molar-refractivity contribution in [2.24, 2.45) is 0 Å². The Bertz CT molecular complexity index is 481. The average molecular weight is 211 g/mol. The molecule has 1 aromatic heterocycles. The summed E-state index contributed by atoms with van der Waals surface area (Å²) >= 11 is 0. The highest BCUT2D eigenvalue weighted by molar-refractivity contribution is 5.31. The largest absolute Gasteiger partial charge is 0.484 e. The molecule has 0 saturated carbocycles. The molecule has 2 aromatic rings. The molecule has 1 unspecified atom stereocenters. The van der Waals surface area contributed by atoms with E-state index < -0.39 is 0 Å². The van der Waals surface area contributed by atoms with Gasteiger partial charge in [-0.05, 0) is 30.5 Å². The summed E-state index contributed by atoms with van der Waals surface area (Å²) in [6.07, 6.45) is 4.01. The molecule has 2 nitrogen and oxygen atoms in total. The average Bonchev–Trinajstić information content (AvgIpc) is 2.39. The van der Waals surface area contributed by atoms with Crippen molar-refractivity contribution in [2.75, 3.05) is 0 Å². The molecule has 3 rings (SSSR count). The molecule has 0 fully saturated rings. The van der Waals surface area contributed by atoms with E-state index >= 15 is 0 Å². The first-order valence-corrected chi connectivity index (χ1v) is 5.59.